The third-order valence-electron chi connectivity index (χ3n) is 4.52. The van der Waals surface area contributed by atoms with Crippen molar-refractivity contribution in [1.29, 1.82) is 0 Å². The van der Waals surface area contributed by atoms with E-state index >= 15 is 0 Å². The number of hydrogen-bond donors (Lipinski definition) is 0. The van der Waals surface area contributed by atoms with Gasteiger partial charge in [0, 0.05) is 26.1 Å². The van der Waals surface area contributed by atoms with E-state index in [-0.39, 0.29) is 5.78 Å². The van der Waals surface area contributed by atoms with Gasteiger partial charge >= 0.3 is 0 Å². The molecule has 23 heavy (non-hydrogen) atoms. The summed E-state index contributed by atoms with van der Waals surface area (Å²) in [6.45, 7) is 10.7. The van der Waals surface area contributed by atoms with Crippen LogP contribution in [0.25, 0.3) is 0 Å². The molecule has 0 amide bonds. The minimum Gasteiger partial charge on any atom is -0.494 e. The number of aryl methyl sites for hydroxylation is 1. The van der Waals surface area contributed by atoms with Crippen LogP contribution in [0.2, 0.25) is 0 Å². The molecule has 2 rings (SSSR count). The second-order valence-electron chi connectivity index (χ2n) is 7.25. The third kappa shape index (κ3) is 6.74. The second kappa shape index (κ2) is 9.07. The maximum atomic E-state index is 11.0. The third-order valence-corrected chi connectivity index (χ3v) is 4.52. The number of hydrogen-bond acceptors (Lipinski definition) is 3. The molecule has 0 unspecified atom stereocenters. The van der Waals surface area contributed by atoms with Crippen LogP contribution in [0.15, 0.2) is 24.3 Å². The summed E-state index contributed by atoms with van der Waals surface area (Å²) in [6, 6.07) is 8.15. The summed E-state index contributed by atoms with van der Waals surface area (Å²) in [5.74, 6) is 2.81. The van der Waals surface area contributed by atoms with Crippen LogP contribution >= 0.6 is 0 Å². The van der Waals surface area contributed by atoms with Gasteiger partial charge in [0.1, 0.15) is 11.5 Å². The second-order valence-corrected chi connectivity index (χ2v) is 7.25. The molecule has 0 radical (unpaired) electrons. The molecular formula is C20H31NO2. The standard InChI is InChI=1S/C20H31NO2/c1-16-13-17(2)15-21(14-16)11-4-12-23-20-9-7-19(8-10-20)6-5-18(3)22/h7-10,16-17H,4-6,11-15H2,1-3H3/t16-,17-/m0/s1. The van der Waals surface area contributed by atoms with Crippen LogP contribution in [-0.2, 0) is 11.2 Å². The van der Waals surface area contributed by atoms with Crippen LogP contribution in [0.3, 0.4) is 0 Å². The van der Waals surface area contributed by atoms with E-state index in [0.717, 1.165) is 43.6 Å². The van der Waals surface area contributed by atoms with Gasteiger partial charge in [-0.15, -0.1) is 0 Å². The van der Waals surface area contributed by atoms with Crippen LogP contribution in [0.1, 0.15) is 45.6 Å². The van der Waals surface area contributed by atoms with Gasteiger partial charge in [0.25, 0.3) is 0 Å². The van der Waals surface area contributed by atoms with Gasteiger partial charge in [-0.05, 0) is 55.7 Å². The first kappa shape index (κ1) is 18.0. The number of ether oxygens (including phenoxy) is 1. The molecule has 0 saturated carbocycles. The van der Waals surface area contributed by atoms with Crippen LogP contribution in [0.4, 0.5) is 0 Å². The molecule has 3 heteroatoms. The zero-order chi connectivity index (χ0) is 16.7. The van der Waals surface area contributed by atoms with Crippen LogP contribution in [0.5, 0.6) is 5.75 Å². The number of nitrogens with zero attached hydrogens (tertiary/aromatic N) is 1. The summed E-state index contributed by atoms with van der Waals surface area (Å²) in [7, 11) is 0. The molecule has 0 bridgehead atoms. The number of ketones is 1. The van der Waals surface area contributed by atoms with Gasteiger partial charge in [-0.2, -0.15) is 0 Å². The Morgan fingerprint density at radius 1 is 1.17 bits per heavy atom. The summed E-state index contributed by atoms with van der Waals surface area (Å²) >= 11 is 0. The van der Waals surface area contributed by atoms with Crippen molar-refractivity contribution in [3.63, 3.8) is 0 Å². The fourth-order valence-corrected chi connectivity index (χ4v) is 3.53. The largest absolute Gasteiger partial charge is 0.494 e. The summed E-state index contributed by atoms with van der Waals surface area (Å²) in [6.07, 6.45) is 3.88. The van der Waals surface area contributed by atoms with Crippen molar-refractivity contribution in [3.8, 4) is 5.75 Å². The van der Waals surface area contributed by atoms with Crippen LogP contribution in [0, 0.1) is 11.8 Å². The first-order chi connectivity index (χ1) is 11.0. The Hall–Kier alpha value is -1.35. The summed E-state index contributed by atoms with van der Waals surface area (Å²) in [4.78, 5) is 13.6. The van der Waals surface area contributed by atoms with Gasteiger partial charge < -0.3 is 14.4 Å². The number of rotatable bonds is 8. The normalized spacial score (nSPS) is 22.0. The fraction of sp³-hybridized carbons (Fsp3) is 0.650. The molecule has 3 nitrogen and oxygen atoms in total. The quantitative estimate of drug-likeness (QED) is 0.680. The maximum absolute atomic E-state index is 11.0. The highest BCUT2D eigenvalue weighted by Crippen LogP contribution is 2.21. The van der Waals surface area contributed by atoms with E-state index in [9.17, 15) is 4.79 Å². The molecule has 1 saturated heterocycles. The maximum Gasteiger partial charge on any atom is 0.130 e. The molecule has 1 aliphatic rings. The Morgan fingerprint density at radius 2 is 1.83 bits per heavy atom. The highest BCUT2D eigenvalue weighted by atomic mass is 16.5. The highest BCUT2D eigenvalue weighted by Gasteiger charge is 2.20. The van der Waals surface area contributed by atoms with Crippen molar-refractivity contribution in [3.05, 3.63) is 29.8 Å². The molecule has 1 aliphatic heterocycles. The predicted octanol–water partition coefficient (Wildman–Crippen LogP) is 3.96. The van der Waals surface area contributed by atoms with E-state index in [0.29, 0.717) is 6.42 Å². The summed E-state index contributed by atoms with van der Waals surface area (Å²) in [5, 5.41) is 0. The molecule has 1 aromatic carbocycles. The average Bonchev–Trinajstić information content (AvgIpc) is 2.50. The lowest BCUT2D eigenvalue weighted by Gasteiger charge is -2.34. The lowest BCUT2D eigenvalue weighted by Crippen LogP contribution is -2.39. The van der Waals surface area contributed by atoms with E-state index < -0.39 is 0 Å². The lowest BCUT2D eigenvalue weighted by molar-refractivity contribution is -0.116. The molecule has 1 fully saturated rings. The molecule has 1 heterocycles. The fourth-order valence-electron chi connectivity index (χ4n) is 3.53. The van der Waals surface area contributed by atoms with Gasteiger partial charge in [-0.3, -0.25) is 0 Å². The predicted molar refractivity (Wildman–Crippen MR) is 94.9 cm³/mol. The number of likely N-dealkylation sites (tertiary alicyclic amines) is 1. The number of Topliss-reactive ketones (excluding diaryl/α,β-unsaturated/α-hetero) is 1. The number of benzene rings is 1. The van der Waals surface area contributed by atoms with Crippen molar-refractivity contribution in [1.82, 2.24) is 4.90 Å². The monoisotopic (exact) mass is 317 g/mol. The molecule has 0 N–H and O–H groups in total. The van der Waals surface area contributed by atoms with Crippen molar-refractivity contribution < 1.29 is 9.53 Å². The van der Waals surface area contributed by atoms with E-state index in [1.54, 1.807) is 6.92 Å². The molecular weight excluding hydrogens is 286 g/mol. The van der Waals surface area contributed by atoms with Crippen LogP contribution < -0.4 is 4.74 Å². The molecule has 1 aromatic rings. The van der Waals surface area contributed by atoms with E-state index in [4.69, 9.17) is 4.74 Å². The van der Waals surface area contributed by atoms with Gasteiger partial charge in [-0.25, -0.2) is 0 Å². The number of carbonyl (C=O) groups excluding carboxylic acids is 1. The summed E-state index contributed by atoms with van der Waals surface area (Å²) in [5.41, 5.74) is 1.20. The summed E-state index contributed by atoms with van der Waals surface area (Å²) < 4.78 is 5.84. The lowest BCUT2D eigenvalue weighted by atomic mass is 9.92. The van der Waals surface area contributed by atoms with Crippen molar-refractivity contribution >= 4 is 5.78 Å². The van der Waals surface area contributed by atoms with Gasteiger partial charge in [0.05, 0.1) is 6.61 Å². The molecule has 0 aliphatic carbocycles. The van der Waals surface area contributed by atoms with Gasteiger partial charge in [-0.1, -0.05) is 26.0 Å². The first-order valence-corrected chi connectivity index (χ1v) is 8.96. The Kier molecular flexibility index (Phi) is 7.10. The van der Waals surface area contributed by atoms with E-state index in [1.807, 2.05) is 12.1 Å². The minimum atomic E-state index is 0.242. The molecule has 128 valence electrons. The molecule has 0 spiro atoms. The van der Waals surface area contributed by atoms with Crippen molar-refractivity contribution in [2.75, 3.05) is 26.2 Å². The Balaban J connectivity index is 1.65. The van der Waals surface area contributed by atoms with Crippen molar-refractivity contribution in [2.45, 2.75) is 46.5 Å². The Morgan fingerprint density at radius 3 is 2.43 bits per heavy atom. The van der Waals surface area contributed by atoms with E-state index in [1.165, 1.54) is 25.1 Å². The minimum absolute atomic E-state index is 0.242. The van der Waals surface area contributed by atoms with E-state index in [2.05, 4.69) is 30.9 Å². The smallest absolute Gasteiger partial charge is 0.130 e. The Bertz CT molecular complexity index is 473. The zero-order valence-electron chi connectivity index (χ0n) is 14.9. The van der Waals surface area contributed by atoms with Crippen LogP contribution in [-0.4, -0.2) is 36.9 Å². The number of piperidine rings is 1. The number of carbonyl (C=O) groups is 1. The topological polar surface area (TPSA) is 29.5 Å². The zero-order valence-corrected chi connectivity index (χ0v) is 14.9. The SMILES string of the molecule is CC(=O)CCc1ccc(OCCCN2C[C@@H](C)C[C@H](C)C2)cc1. The van der Waals surface area contributed by atoms with Gasteiger partial charge in [0.15, 0.2) is 0 Å². The van der Waals surface area contributed by atoms with Gasteiger partial charge in [0.2, 0.25) is 0 Å². The highest BCUT2D eigenvalue weighted by molar-refractivity contribution is 5.75. The molecule has 2 atom stereocenters. The average molecular weight is 317 g/mol. The van der Waals surface area contributed by atoms with Crippen molar-refractivity contribution in [2.24, 2.45) is 11.8 Å². The Labute approximate surface area is 141 Å². The first-order valence-electron chi connectivity index (χ1n) is 8.96. The molecule has 0 aromatic heterocycles.